The van der Waals surface area contributed by atoms with Crippen molar-refractivity contribution >= 4 is 28.6 Å². The Bertz CT molecular complexity index is 621. The monoisotopic (exact) mass is 292 g/mol. The first-order chi connectivity index (χ1) is 9.20. The summed E-state index contributed by atoms with van der Waals surface area (Å²) in [7, 11) is 0. The third-order valence-electron chi connectivity index (χ3n) is 2.34. The van der Waals surface area contributed by atoms with Crippen LogP contribution in [0.3, 0.4) is 0 Å². The molecule has 19 heavy (non-hydrogen) atoms. The van der Waals surface area contributed by atoms with E-state index in [1.165, 1.54) is 22.7 Å². The Balaban J connectivity index is 2.03. The number of hydrogen-bond acceptors (Lipinski definition) is 5. The fourth-order valence-corrected chi connectivity index (χ4v) is 2.94. The molecular formula is C13H12N2O2S2. The van der Waals surface area contributed by atoms with Crippen LogP contribution in [0.5, 0.6) is 0 Å². The van der Waals surface area contributed by atoms with Crippen LogP contribution < -0.4 is 5.32 Å². The van der Waals surface area contributed by atoms with E-state index in [0.717, 1.165) is 16.1 Å². The number of aliphatic hydroxyl groups is 1. The first-order valence-electron chi connectivity index (χ1n) is 5.56. The molecule has 0 aliphatic carbocycles. The molecule has 0 atom stereocenters. The van der Waals surface area contributed by atoms with E-state index < -0.39 is 0 Å². The minimum Gasteiger partial charge on any atom is -0.384 e. The van der Waals surface area contributed by atoms with E-state index in [9.17, 15) is 4.79 Å². The summed E-state index contributed by atoms with van der Waals surface area (Å²) in [5, 5.41) is 13.4. The predicted molar refractivity (Wildman–Crippen MR) is 76.3 cm³/mol. The second-order valence-corrected chi connectivity index (χ2v) is 5.52. The minimum absolute atomic E-state index is 0.127. The average Bonchev–Trinajstić information content (AvgIpc) is 3.03. The van der Waals surface area contributed by atoms with Crippen molar-refractivity contribution in [2.24, 2.45) is 0 Å². The summed E-state index contributed by atoms with van der Waals surface area (Å²) in [6, 6.07) is 1.81. The highest BCUT2D eigenvalue weighted by molar-refractivity contribution is 7.14. The highest BCUT2D eigenvalue weighted by atomic mass is 32.1. The third-order valence-corrected chi connectivity index (χ3v) is 4.12. The standard InChI is InChI=1S/C13H12N2O2S2/c1-9-5-12(19-11(9)3-2-4-16)13(17)14-6-10-7-18-8-15-10/h5,7-8,16H,4,6H2,1H3,(H,14,17). The van der Waals surface area contributed by atoms with Crippen molar-refractivity contribution in [3.05, 3.63) is 38.0 Å². The third kappa shape index (κ3) is 3.64. The summed E-state index contributed by atoms with van der Waals surface area (Å²) < 4.78 is 0. The molecule has 2 N–H and O–H groups in total. The predicted octanol–water partition coefficient (Wildman–Crippen LogP) is 1.79. The molecule has 4 nitrogen and oxygen atoms in total. The Morgan fingerprint density at radius 2 is 2.42 bits per heavy atom. The number of thiazole rings is 1. The van der Waals surface area contributed by atoms with Crippen LogP contribution in [0, 0.1) is 18.8 Å². The summed E-state index contributed by atoms with van der Waals surface area (Å²) >= 11 is 2.83. The SMILES string of the molecule is Cc1cc(C(=O)NCc2cscn2)sc1C#CCO. The lowest BCUT2D eigenvalue weighted by Crippen LogP contribution is -2.21. The van der Waals surface area contributed by atoms with Gasteiger partial charge in [0.05, 0.1) is 27.5 Å². The lowest BCUT2D eigenvalue weighted by atomic mass is 10.2. The van der Waals surface area contributed by atoms with E-state index in [0.29, 0.717) is 11.4 Å². The number of hydrogen-bond donors (Lipinski definition) is 2. The summed E-state index contributed by atoms with van der Waals surface area (Å²) in [4.78, 5) is 17.5. The van der Waals surface area contributed by atoms with E-state index in [-0.39, 0.29) is 12.5 Å². The van der Waals surface area contributed by atoms with Crippen molar-refractivity contribution in [2.75, 3.05) is 6.61 Å². The van der Waals surface area contributed by atoms with Gasteiger partial charge in [0.25, 0.3) is 5.91 Å². The number of thiophene rings is 1. The van der Waals surface area contributed by atoms with Crippen LogP contribution >= 0.6 is 22.7 Å². The highest BCUT2D eigenvalue weighted by Gasteiger charge is 2.11. The molecule has 0 aliphatic heterocycles. The van der Waals surface area contributed by atoms with E-state index in [1.54, 1.807) is 5.51 Å². The summed E-state index contributed by atoms with van der Waals surface area (Å²) in [5.41, 5.74) is 3.54. The molecule has 98 valence electrons. The molecule has 0 aliphatic rings. The Morgan fingerprint density at radius 1 is 1.58 bits per heavy atom. The fraction of sp³-hybridized carbons (Fsp3) is 0.231. The molecule has 0 unspecified atom stereocenters. The van der Waals surface area contributed by atoms with Gasteiger partial charge in [0, 0.05) is 5.38 Å². The number of carbonyl (C=O) groups excluding carboxylic acids is 1. The second-order valence-electron chi connectivity index (χ2n) is 3.75. The van der Waals surface area contributed by atoms with Crippen LogP contribution in [-0.2, 0) is 6.54 Å². The van der Waals surface area contributed by atoms with Gasteiger partial charge < -0.3 is 10.4 Å². The van der Waals surface area contributed by atoms with E-state index in [2.05, 4.69) is 22.1 Å². The van der Waals surface area contributed by atoms with Gasteiger partial charge in [0.1, 0.15) is 6.61 Å². The molecule has 0 saturated heterocycles. The molecule has 2 rings (SSSR count). The lowest BCUT2D eigenvalue weighted by molar-refractivity contribution is 0.0954. The van der Waals surface area contributed by atoms with Crippen LogP contribution in [0.1, 0.15) is 25.8 Å². The van der Waals surface area contributed by atoms with Crippen molar-refractivity contribution in [3.63, 3.8) is 0 Å². The first kappa shape index (κ1) is 13.7. The second kappa shape index (κ2) is 6.48. The molecule has 0 spiro atoms. The molecule has 0 saturated carbocycles. The van der Waals surface area contributed by atoms with Crippen LogP contribution in [-0.4, -0.2) is 22.6 Å². The fourth-order valence-electron chi connectivity index (χ4n) is 1.42. The maximum Gasteiger partial charge on any atom is 0.261 e. The number of amides is 1. The zero-order chi connectivity index (χ0) is 13.7. The molecule has 2 aromatic heterocycles. The zero-order valence-electron chi connectivity index (χ0n) is 10.3. The van der Waals surface area contributed by atoms with E-state index in [1.807, 2.05) is 18.4 Å². The molecular weight excluding hydrogens is 280 g/mol. The summed E-state index contributed by atoms with van der Waals surface area (Å²) in [5.74, 6) is 5.30. The lowest BCUT2D eigenvalue weighted by Gasteiger charge is -1.99. The topological polar surface area (TPSA) is 62.2 Å². The molecule has 2 heterocycles. The molecule has 0 aromatic carbocycles. The van der Waals surface area contributed by atoms with Crippen molar-refractivity contribution < 1.29 is 9.90 Å². The smallest absolute Gasteiger partial charge is 0.261 e. The zero-order valence-corrected chi connectivity index (χ0v) is 11.9. The van der Waals surface area contributed by atoms with E-state index >= 15 is 0 Å². The van der Waals surface area contributed by atoms with Crippen LogP contribution in [0.25, 0.3) is 0 Å². The molecule has 2 aromatic rings. The van der Waals surface area contributed by atoms with Crippen LogP contribution in [0.2, 0.25) is 0 Å². The molecule has 0 radical (unpaired) electrons. The Kier molecular flexibility index (Phi) is 4.68. The number of nitrogens with one attached hydrogen (secondary N) is 1. The normalized spacial score (nSPS) is 9.79. The van der Waals surface area contributed by atoms with Gasteiger partial charge in [-0.3, -0.25) is 4.79 Å². The number of nitrogens with zero attached hydrogens (tertiary/aromatic N) is 1. The maximum atomic E-state index is 12.0. The summed E-state index contributed by atoms with van der Waals surface area (Å²) in [6.07, 6.45) is 0. The molecule has 1 amide bonds. The quantitative estimate of drug-likeness (QED) is 0.848. The molecule has 0 bridgehead atoms. The Morgan fingerprint density at radius 3 is 3.11 bits per heavy atom. The van der Waals surface area contributed by atoms with Crippen LogP contribution in [0.15, 0.2) is 17.0 Å². The van der Waals surface area contributed by atoms with Crippen molar-refractivity contribution in [1.82, 2.24) is 10.3 Å². The largest absolute Gasteiger partial charge is 0.384 e. The van der Waals surface area contributed by atoms with Crippen molar-refractivity contribution in [3.8, 4) is 11.8 Å². The Labute approximate surface area is 119 Å². The van der Waals surface area contributed by atoms with Gasteiger partial charge in [-0.05, 0) is 18.6 Å². The first-order valence-corrected chi connectivity index (χ1v) is 7.32. The van der Waals surface area contributed by atoms with Crippen molar-refractivity contribution in [1.29, 1.82) is 0 Å². The average molecular weight is 292 g/mol. The summed E-state index contributed by atoms with van der Waals surface area (Å²) in [6.45, 7) is 2.15. The number of aryl methyl sites for hydroxylation is 1. The number of carbonyl (C=O) groups is 1. The van der Waals surface area contributed by atoms with E-state index in [4.69, 9.17) is 5.11 Å². The van der Waals surface area contributed by atoms with Gasteiger partial charge in [-0.1, -0.05) is 11.8 Å². The number of aliphatic hydroxyl groups excluding tert-OH is 1. The maximum absolute atomic E-state index is 12.0. The molecule has 6 heteroatoms. The van der Waals surface area contributed by atoms with Crippen LogP contribution in [0.4, 0.5) is 0 Å². The van der Waals surface area contributed by atoms with Gasteiger partial charge in [0.2, 0.25) is 0 Å². The van der Waals surface area contributed by atoms with Gasteiger partial charge in [-0.2, -0.15) is 0 Å². The van der Waals surface area contributed by atoms with Gasteiger partial charge >= 0.3 is 0 Å². The Hall–Kier alpha value is -1.68. The van der Waals surface area contributed by atoms with Crippen molar-refractivity contribution in [2.45, 2.75) is 13.5 Å². The van der Waals surface area contributed by atoms with Gasteiger partial charge in [-0.15, -0.1) is 22.7 Å². The molecule has 0 fully saturated rings. The minimum atomic E-state index is -0.178. The number of aromatic nitrogens is 1. The van der Waals surface area contributed by atoms with Gasteiger partial charge in [-0.25, -0.2) is 4.98 Å². The number of rotatable bonds is 3. The van der Waals surface area contributed by atoms with Gasteiger partial charge in [0.15, 0.2) is 0 Å². The highest BCUT2D eigenvalue weighted by Crippen LogP contribution is 2.20.